The van der Waals surface area contributed by atoms with Crippen molar-refractivity contribution >= 4 is 5.91 Å². The van der Waals surface area contributed by atoms with Gasteiger partial charge in [-0.05, 0) is 26.3 Å². The van der Waals surface area contributed by atoms with Crippen molar-refractivity contribution in [1.29, 1.82) is 0 Å². The van der Waals surface area contributed by atoms with Crippen molar-refractivity contribution in [2.75, 3.05) is 40.4 Å². The minimum atomic E-state index is -0.617. The Kier molecular flexibility index (Phi) is 5.36. The number of hydrogen-bond acceptors (Lipinski definition) is 4. The molecular formula is C12H24N2O3. The van der Waals surface area contributed by atoms with E-state index in [1.807, 2.05) is 6.92 Å². The summed E-state index contributed by atoms with van der Waals surface area (Å²) in [4.78, 5) is 13.9. The number of carbonyl (C=O) groups is 1. The Bertz CT molecular complexity index is 252. The summed E-state index contributed by atoms with van der Waals surface area (Å²) in [6.07, 6.45) is 1.31. The van der Waals surface area contributed by atoms with Crippen LogP contribution >= 0.6 is 0 Å². The standard InChI is InChI=1S/C12H24N2O3/c1-12(5-4-6-13-9-12)11(16)14(2)7-10(15)8-17-3/h10,13,15H,4-9H2,1-3H3. The van der Waals surface area contributed by atoms with Crippen molar-refractivity contribution in [3.05, 3.63) is 0 Å². The Morgan fingerprint density at radius 1 is 1.65 bits per heavy atom. The second-order valence-electron chi connectivity index (χ2n) is 5.14. The van der Waals surface area contributed by atoms with Gasteiger partial charge in [0.15, 0.2) is 0 Å². The molecule has 2 atom stereocenters. The Morgan fingerprint density at radius 3 is 2.88 bits per heavy atom. The fourth-order valence-electron chi connectivity index (χ4n) is 2.34. The molecule has 1 amide bonds. The largest absolute Gasteiger partial charge is 0.389 e. The van der Waals surface area contributed by atoms with Gasteiger partial charge in [0.1, 0.15) is 0 Å². The van der Waals surface area contributed by atoms with Crippen LogP contribution in [0.5, 0.6) is 0 Å². The summed E-state index contributed by atoms with van der Waals surface area (Å²) in [6.45, 7) is 4.27. The van der Waals surface area contributed by atoms with E-state index in [2.05, 4.69) is 5.32 Å². The first kappa shape index (κ1) is 14.4. The average molecular weight is 244 g/mol. The molecule has 0 radical (unpaired) electrons. The van der Waals surface area contributed by atoms with Gasteiger partial charge in [0.2, 0.25) is 5.91 Å². The van der Waals surface area contributed by atoms with Crippen molar-refractivity contribution in [2.45, 2.75) is 25.9 Å². The van der Waals surface area contributed by atoms with E-state index in [-0.39, 0.29) is 17.9 Å². The van der Waals surface area contributed by atoms with Gasteiger partial charge in [-0.25, -0.2) is 0 Å². The van der Waals surface area contributed by atoms with Crippen LogP contribution in [0.4, 0.5) is 0 Å². The molecule has 1 aliphatic rings. The van der Waals surface area contributed by atoms with Crippen LogP contribution in [-0.4, -0.2) is 62.4 Å². The van der Waals surface area contributed by atoms with Crippen LogP contribution in [0, 0.1) is 5.41 Å². The van der Waals surface area contributed by atoms with Crippen molar-refractivity contribution in [1.82, 2.24) is 10.2 Å². The number of rotatable bonds is 5. The smallest absolute Gasteiger partial charge is 0.229 e. The fourth-order valence-corrected chi connectivity index (χ4v) is 2.34. The third-order valence-electron chi connectivity index (χ3n) is 3.30. The van der Waals surface area contributed by atoms with Crippen LogP contribution in [0.1, 0.15) is 19.8 Å². The molecule has 1 saturated heterocycles. The first-order valence-electron chi connectivity index (χ1n) is 6.13. The molecule has 1 aliphatic heterocycles. The number of methoxy groups -OCH3 is 1. The highest BCUT2D eigenvalue weighted by atomic mass is 16.5. The molecule has 17 heavy (non-hydrogen) atoms. The minimum Gasteiger partial charge on any atom is -0.389 e. The zero-order chi connectivity index (χ0) is 12.9. The number of nitrogens with zero attached hydrogens (tertiary/aromatic N) is 1. The summed E-state index contributed by atoms with van der Waals surface area (Å²) >= 11 is 0. The molecule has 0 spiro atoms. The van der Waals surface area contributed by atoms with Gasteiger partial charge in [-0.1, -0.05) is 0 Å². The monoisotopic (exact) mass is 244 g/mol. The molecular weight excluding hydrogens is 220 g/mol. The number of ether oxygens (including phenoxy) is 1. The zero-order valence-corrected chi connectivity index (χ0v) is 11.0. The zero-order valence-electron chi connectivity index (χ0n) is 11.0. The summed E-state index contributed by atoms with van der Waals surface area (Å²) in [6, 6.07) is 0. The highest BCUT2D eigenvalue weighted by Crippen LogP contribution is 2.27. The van der Waals surface area contributed by atoms with Crippen LogP contribution in [0.15, 0.2) is 0 Å². The van der Waals surface area contributed by atoms with Crippen molar-refractivity contribution in [2.24, 2.45) is 5.41 Å². The average Bonchev–Trinajstić information content (AvgIpc) is 2.29. The number of carbonyl (C=O) groups excluding carboxylic acids is 1. The lowest BCUT2D eigenvalue weighted by atomic mass is 9.81. The molecule has 0 bridgehead atoms. The lowest BCUT2D eigenvalue weighted by Gasteiger charge is -2.36. The summed E-state index contributed by atoms with van der Waals surface area (Å²) in [5, 5.41) is 12.9. The van der Waals surface area contributed by atoms with E-state index in [1.165, 1.54) is 7.11 Å². The van der Waals surface area contributed by atoms with Gasteiger partial charge in [0.05, 0.1) is 18.1 Å². The maximum absolute atomic E-state index is 12.3. The highest BCUT2D eigenvalue weighted by molar-refractivity contribution is 5.82. The molecule has 1 rings (SSSR count). The lowest BCUT2D eigenvalue weighted by Crippen LogP contribution is -2.50. The minimum absolute atomic E-state index is 0.0971. The molecule has 0 aliphatic carbocycles. The molecule has 0 saturated carbocycles. The van der Waals surface area contributed by atoms with E-state index in [0.29, 0.717) is 6.54 Å². The van der Waals surface area contributed by atoms with E-state index >= 15 is 0 Å². The lowest BCUT2D eigenvalue weighted by molar-refractivity contribution is -0.142. The Morgan fingerprint density at radius 2 is 2.35 bits per heavy atom. The molecule has 1 fully saturated rings. The molecule has 5 nitrogen and oxygen atoms in total. The summed E-state index contributed by atoms with van der Waals surface area (Å²) in [7, 11) is 3.28. The highest BCUT2D eigenvalue weighted by Gasteiger charge is 2.36. The second kappa shape index (κ2) is 6.33. The van der Waals surface area contributed by atoms with Crippen LogP contribution in [0.2, 0.25) is 0 Å². The number of nitrogens with one attached hydrogen (secondary N) is 1. The number of aliphatic hydroxyl groups is 1. The predicted molar refractivity (Wildman–Crippen MR) is 65.7 cm³/mol. The molecule has 0 aromatic rings. The fraction of sp³-hybridized carbons (Fsp3) is 0.917. The van der Waals surface area contributed by atoms with Crippen molar-refractivity contribution in [3.8, 4) is 0 Å². The number of aliphatic hydroxyl groups excluding tert-OH is 1. The Labute approximate surface area is 103 Å². The number of likely N-dealkylation sites (N-methyl/N-ethyl adjacent to an activating group) is 1. The van der Waals surface area contributed by atoms with Gasteiger partial charge in [-0.3, -0.25) is 4.79 Å². The first-order chi connectivity index (χ1) is 7.99. The van der Waals surface area contributed by atoms with Gasteiger partial charge in [-0.2, -0.15) is 0 Å². The van der Waals surface area contributed by atoms with Crippen LogP contribution < -0.4 is 5.32 Å². The van der Waals surface area contributed by atoms with Gasteiger partial charge >= 0.3 is 0 Å². The molecule has 2 N–H and O–H groups in total. The van der Waals surface area contributed by atoms with Crippen LogP contribution in [0.3, 0.4) is 0 Å². The van der Waals surface area contributed by atoms with Gasteiger partial charge in [0, 0.05) is 27.2 Å². The number of piperidine rings is 1. The Balaban J connectivity index is 2.50. The van der Waals surface area contributed by atoms with E-state index in [1.54, 1.807) is 11.9 Å². The molecule has 2 unspecified atom stereocenters. The van der Waals surface area contributed by atoms with Crippen molar-refractivity contribution in [3.63, 3.8) is 0 Å². The van der Waals surface area contributed by atoms with Crippen LogP contribution in [-0.2, 0) is 9.53 Å². The summed E-state index contributed by atoms with van der Waals surface area (Å²) < 4.78 is 4.85. The Hall–Kier alpha value is -0.650. The van der Waals surface area contributed by atoms with E-state index in [4.69, 9.17) is 4.74 Å². The SMILES string of the molecule is COCC(O)CN(C)C(=O)C1(C)CCCNC1. The third-order valence-corrected chi connectivity index (χ3v) is 3.30. The molecule has 0 aromatic carbocycles. The maximum Gasteiger partial charge on any atom is 0.229 e. The second-order valence-corrected chi connectivity index (χ2v) is 5.14. The number of amides is 1. The van der Waals surface area contributed by atoms with E-state index < -0.39 is 6.10 Å². The molecule has 0 aromatic heterocycles. The molecule has 100 valence electrons. The third kappa shape index (κ3) is 3.94. The summed E-state index contributed by atoms with van der Waals surface area (Å²) in [5.41, 5.74) is -0.334. The van der Waals surface area contributed by atoms with Crippen LogP contribution in [0.25, 0.3) is 0 Å². The normalized spacial score (nSPS) is 26.6. The molecule has 1 heterocycles. The predicted octanol–water partition coefficient (Wildman–Crippen LogP) is -0.158. The molecule has 5 heteroatoms. The van der Waals surface area contributed by atoms with Crippen molar-refractivity contribution < 1.29 is 14.6 Å². The number of hydrogen-bond donors (Lipinski definition) is 2. The van der Waals surface area contributed by atoms with E-state index in [9.17, 15) is 9.90 Å². The van der Waals surface area contributed by atoms with Gasteiger partial charge in [-0.15, -0.1) is 0 Å². The first-order valence-corrected chi connectivity index (χ1v) is 6.13. The van der Waals surface area contributed by atoms with Gasteiger partial charge in [0.25, 0.3) is 0 Å². The topological polar surface area (TPSA) is 61.8 Å². The van der Waals surface area contributed by atoms with E-state index in [0.717, 1.165) is 25.9 Å². The maximum atomic E-state index is 12.3. The summed E-state index contributed by atoms with van der Waals surface area (Å²) in [5.74, 6) is 0.0971. The quantitative estimate of drug-likeness (QED) is 0.705. The van der Waals surface area contributed by atoms with Gasteiger partial charge < -0.3 is 20.1 Å².